The molecule has 1 heterocycles. The molecule has 7 nitrogen and oxygen atoms in total. The molecule has 36 heavy (non-hydrogen) atoms. The molecule has 9 heteroatoms. The molecule has 1 atom stereocenters. The lowest BCUT2D eigenvalue weighted by atomic mass is 10.1. The van der Waals surface area contributed by atoms with Gasteiger partial charge in [0.05, 0.1) is 21.2 Å². The first-order valence-corrected chi connectivity index (χ1v) is 12.9. The molecule has 0 radical (unpaired) electrons. The number of nitrogens with one attached hydrogen (secondary N) is 1. The Hall–Kier alpha value is -2.90. The number of fused-ring (bicyclic) bond motifs is 1. The lowest BCUT2D eigenvalue weighted by Crippen LogP contribution is -2.49. The van der Waals surface area contributed by atoms with Gasteiger partial charge in [0, 0.05) is 26.1 Å². The molecular weight excluding hydrogens is 501 g/mol. The molecule has 1 N–H and O–H groups in total. The highest BCUT2D eigenvalue weighted by Crippen LogP contribution is 2.25. The maximum absolute atomic E-state index is 13.4. The van der Waals surface area contributed by atoms with Crippen LogP contribution in [0.5, 0.6) is 0 Å². The number of imide groups is 1. The number of halogens is 2. The zero-order valence-electron chi connectivity index (χ0n) is 20.7. The molecule has 2 aromatic rings. The number of hydrogen-bond acceptors (Lipinski definition) is 4. The molecular formula is C27H31Cl2N3O4. The molecule has 0 aliphatic carbocycles. The van der Waals surface area contributed by atoms with Gasteiger partial charge in [-0.25, -0.2) is 0 Å². The quantitative estimate of drug-likeness (QED) is 0.415. The minimum Gasteiger partial charge on any atom is -0.354 e. The van der Waals surface area contributed by atoms with Gasteiger partial charge in [-0.1, -0.05) is 62.2 Å². The minimum absolute atomic E-state index is 0.0721. The standard InChI is InChI=1S/C27H31Cl2N3O4/c1-4-23(25(34)30-15-17(2)3)32(16-18-11-12-21(28)22(29)14-18)24(33)10-7-13-31-26(35)19-8-5-6-9-20(19)27(31)36/h5-6,8-9,11-12,14,17,23H,4,7,10,13,15-16H2,1-3H3,(H,30,34). The monoisotopic (exact) mass is 531 g/mol. The van der Waals surface area contributed by atoms with Crippen molar-refractivity contribution in [2.45, 2.75) is 52.6 Å². The zero-order valence-corrected chi connectivity index (χ0v) is 22.2. The topological polar surface area (TPSA) is 86.8 Å². The van der Waals surface area contributed by atoms with Gasteiger partial charge >= 0.3 is 0 Å². The average Bonchev–Trinajstić information content (AvgIpc) is 3.09. The van der Waals surface area contributed by atoms with Crippen LogP contribution in [0.1, 0.15) is 66.3 Å². The molecule has 0 aromatic heterocycles. The van der Waals surface area contributed by atoms with Crippen LogP contribution in [0, 0.1) is 5.92 Å². The van der Waals surface area contributed by atoms with Crippen LogP contribution in [0.2, 0.25) is 10.0 Å². The third kappa shape index (κ3) is 6.45. The second-order valence-corrected chi connectivity index (χ2v) is 10.1. The Balaban J connectivity index is 1.72. The van der Waals surface area contributed by atoms with Crippen molar-refractivity contribution in [1.82, 2.24) is 15.1 Å². The average molecular weight is 532 g/mol. The predicted octanol–water partition coefficient (Wildman–Crippen LogP) is 4.95. The van der Waals surface area contributed by atoms with E-state index in [2.05, 4.69) is 5.32 Å². The van der Waals surface area contributed by atoms with Crippen molar-refractivity contribution in [3.8, 4) is 0 Å². The summed E-state index contributed by atoms with van der Waals surface area (Å²) >= 11 is 12.2. The van der Waals surface area contributed by atoms with Gasteiger partial charge in [0.15, 0.2) is 0 Å². The van der Waals surface area contributed by atoms with E-state index in [-0.39, 0.29) is 55.5 Å². The number of rotatable bonds is 11. The number of carbonyl (C=O) groups excluding carboxylic acids is 4. The summed E-state index contributed by atoms with van der Waals surface area (Å²) in [6.07, 6.45) is 0.782. The lowest BCUT2D eigenvalue weighted by Gasteiger charge is -2.31. The zero-order chi connectivity index (χ0) is 26.4. The summed E-state index contributed by atoms with van der Waals surface area (Å²) in [5.41, 5.74) is 1.50. The summed E-state index contributed by atoms with van der Waals surface area (Å²) in [5, 5.41) is 3.69. The van der Waals surface area contributed by atoms with Gasteiger partial charge in [0.1, 0.15) is 6.04 Å². The van der Waals surface area contributed by atoms with Crippen LogP contribution < -0.4 is 5.32 Å². The number of nitrogens with zero attached hydrogens (tertiary/aromatic N) is 2. The highest BCUT2D eigenvalue weighted by atomic mass is 35.5. The molecule has 2 aromatic carbocycles. The SMILES string of the molecule is CCC(C(=O)NCC(C)C)N(Cc1ccc(Cl)c(Cl)c1)C(=O)CCCN1C(=O)c2ccccc2C1=O. The molecule has 1 aliphatic rings. The summed E-state index contributed by atoms with van der Waals surface area (Å²) in [4.78, 5) is 54.3. The predicted molar refractivity (Wildman–Crippen MR) is 140 cm³/mol. The molecule has 0 saturated heterocycles. The summed E-state index contributed by atoms with van der Waals surface area (Å²) < 4.78 is 0. The molecule has 3 rings (SSSR count). The third-order valence-electron chi connectivity index (χ3n) is 6.06. The first-order valence-electron chi connectivity index (χ1n) is 12.1. The van der Waals surface area contributed by atoms with Gasteiger partial charge in [-0.2, -0.15) is 0 Å². The summed E-state index contributed by atoms with van der Waals surface area (Å²) in [5.74, 6) is -0.903. The Kier molecular flexibility index (Phi) is 9.51. The van der Waals surface area contributed by atoms with Gasteiger partial charge in [-0.05, 0) is 48.6 Å². The smallest absolute Gasteiger partial charge is 0.261 e. The van der Waals surface area contributed by atoms with Gasteiger partial charge < -0.3 is 10.2 Å². The van der Waals surface area contributed by atoms with Crippen molar-refractivity contribution < 1.29 is 19.2 Å². The fourth-order valence-corrected chi connectivity index (χ4v) is 4.47. The van der Waals surface area contributed by atoms with E-state index in [4.69, 9.17) is 23.2 Å². The Morgan fingerprint density at radius 1 is 1.00 bits per heavy atom. The van der Waals surface area contributed by atoms with E-state index < -0.39 is 6.04 Å². The summed E-state index contributed by atoms with van der Waals surface area (Å²) in [6, 6.07) is 11.1. The van der Waals surface area contributed by atoms with Gasteiger partial charge in [-0.15, -0.1) is 0 Å². The number of amides is 4. The minimum atomic E-state index is -0.676. The first kappa shape index (κ1) is 27.7. The Morgan fingerprint density at radius 2 is 1.64 bits per heavy atom. The maximum atomic E-state index is 13.4. The summed E-state index contributed by atoms with van der Waals surface area (Å²) in [6.45, 7) is 6.65. The molecule has 0 fully saturated rings. The van der Waals surface area contributed by atoms with E-state index in [0.717, 1.165) is 5.56 Å². The van der Waals surface area contributed by atoms with Crippen LogP contribution in [-0.4, -0.2) is 52.6 Å². The van der Waals surface area contributed by atoms with Crippen LogP contribution in [0.3, 0.4) is 0 Å². The number of benzene rings is 2. The highest BCUT2D eigenvalue weighted by molar-refractivity contribution is 6.42. The first-order chi connectivity index (χ1) is 17.1. The van der Waals surface area contributed by atoms with Gasteiger partial charge in [0.25, 0.3) is 11.8 Å². The van der Waals surface area contributed by atoms with E-state index in [1.165, 1.54) is 9.80 Å². The van der Waals surface area contributed by atoms with Crippen LogP contribution in [-0.2, 0) is 16.1 Å². The van der Waals surface area contributed by atoms with Crippen LogP contribution in [0.15, 0.2) is 42.5 Å². The third-order valence-corrected chi connectivity index (χ3v) is 6.80. The number of hydrogen-bond donors (Lipinski definition) is 1. The molecule has 0 bridgehead atoms. The fourth-order valence-electron chi connectivity index (χ4n) is 4.15. The normalized spacial score (nSPS) is 13.7. The van der Waals surface area contributed by atoms with Crippen molar-refractivity contribution >= 4 is 46.8 Å². The van der Waals surface area contributed by atoms with Crippen molar-refractivity contribution in [1.29, 1.82) is 0 Å². The van der Waals surface area contributed by atoms with Crippen molar-refractivity contribution in [3.05, 3.63) is 69.2 Å². The van der Waals surface area contributed by atoms with Crippen molar-refractivity contribution in [3.63, 3.8) is 0 Å². The van der Waals surface area contributed by atoms with Gasteiger partial charge in [-0.3, -0.25) is 24.1 Å². The molecule has 1 aliphatic heterocycles. The van der Waals surface area contributed by atoms with Crippen LogP contribution in [0.25, 0.3) is 0 Å². The molecule has 4 amide bonds. The highest BCUT2D eigenvalue weighted by Gasteiger charge is 2.35. The van der Waals surface area contributed by atoms with E-state index in [9.17, 15) is 19.2 Å². The molecule has 0 spiro atoms. The Morgan fingerprint density at radius 3 is 2.19 bits per heavy atom. The molecule has 192 valence electrons. The maximum Gasteiger partial charge on any atom is 0.261 e. The lowest BCUT2D eigenvalue weighted by molar-refractivity contribution is -0.141. The largest absolute Gasteiger partial charge is 0.354 e. The van der Waals surface area contributed by atoms with Gasteiger partial charge in [0.2, 0.25) is 11.8 Å². The van der Waals surface area contributed by atoms with Crippen molar-refractivity contribution in [2.75, 3.05) is 13.1 Å². The molecule has 1 unspecified atom stereocenters. The van der Waals surface area contributed by atoms with E-state index >= 15 is 0 Å². The van der Waals surface area contributed by atoms with E-state index in [1.807, 2.05) is 20.8 Å². The molecule has 0 saturated carbocycles. The second-order valence-electron chi connectivity index (χ2n) is 9.24. The van der Waals surface area contributed by atoms with Crippen LogP contribution in [0.4, 0.5) is 0 Å². The fraction of sp³-hybridized carbons (Fsp3) is 0.407. The Labute approximate surface area is 221 Å². The van der Waals surface area contributed by atoms with E-state index in [1.54, 1.807) is 42.5 Å². The summed E-state index contributed by atoms with van der Waals surface area (Å²) in [7, 11) is 0. The van der Waals surface area contributed by atoms with Crippen LogP contribution >= 0.6 is 23.2 Å². The Bertz CT molecular complexity index is 1120. The second kappa shape index (κ2) is 12.4. The van der Waals surface area contributed by atoms with E-state index in [0.29, 0.717) is 34.1 Å². The van der Waals surface area contributed by atoms with Crippen molar-refractivity contribution in [2.24, 2.45) is 5.92 Å². The number of carbonyl (C=O) groups is 4.